The fraction of sp³-hybridized carbons (Fsp3) is 0.320. The van der Waals surface area contributed by atoms with Crippen molar-refractivity contribution >= 4 is 0 Å². The van der Waals surface area contributed by atoms with E-state index in [2.05, 4.69) is 62.9 Å². The Hall–Kier alpha value is -3.83. The first-order valence-corrected chi connectivity index (χ1v) is 11.3. The van der Waals surface area contributed by atoms with E-state index in [0.29, 0.717) is 30.2 Å². The second-order valence-electron chi connectivity index (χ2n) is 7.99. The summed E-state index contributed by atoms with van der Waals surface area (Å²) in [5.74, 6) is 1.39. The van der Waals surface area contributed by atoms with Gasteiger partial charge in [-0.05, 0) is 34.7 Å². The van der Waals surface area contributed by atoms with Crippen LogP contribution in [0.15, 0.2) is 48.5 Å². The lowest BCUT2D eigenvalue weighted by molar-refractivity contribution is 0.161. The lowest BCUT2D eigenvalue weighted by Gasteiger charge is -2.11. The number of aliphatic hydroxyl groups excluding tert-OH is 1. The zero-order valence-corrected chi connectivity index (χ0v) is 18.9. The smallest absolute Gasteiger partial charge is 0.205 e. The molecule has 0 fully saturated rings. The number of nitrogens with one attached hydrogen (secondary N) is 1. The summed E-state index contributed by atoms with van der Waals surface area (Å²) in [4.78, 5) is 4.66. The molecule has 1 atom stereocenters. The number of H-pyrrole nitrogens is 1. The SMILES string of the molecule is CCCc1nc(C(O)CCC)c(C#N)n1Cc1ccc(-c2ccccc2-c2nn[nH]n2)cc1. The molecule has 168 valence electrons. The third-order valence-electron chi connectivity index (χ3n) is 5.65. The Bertz CT molecular complexity index is 1240. The minimum atomic E-state index is -0.717. The lowest BCUT2D eigenvalue weighted by atomic mass is 9.98. The Morgan fingerprint density at radius 3 is 2.45 bits per heavy atom. The number of nitrogens with zero attached hydrogens (tertiary/aromatic N) is 6. The second kappa shape index (κ2) is 10.2. The van der Waals surface area contributed by atoms with Crippen LogP contribution in [0.1, 0.15) is 62.0 Å². The molecule has 2 aromatic carbocycles. The average molecular weight is 442 g/mol. The van der Waals surface area contributed by atoms with E-state index in [9.17, 15) is 10.4 Å². The molecule has 0 saturated carbocycles. The van der Waals surface area contributed by atoms with Crippen LogP contribution < -0.4 is 0 Å². The van der Waals surface area contributed by atoms with Gasteiger partial charge in [-0.1, -0.05) is 68.8 Å². The van der Waals surface area contributed by atoms with Gasteiger partial charge in [-0.3, -0.25) is 0 Å². The van der Waals surface area contributed by atoms with Crippen molar-refractivity contribution in [1.29, 1.82) is 5.26 Å². The number of aryl methyl sites for hydroxylation is 1. The molecule has 2 heterocycles. The van der Waals surface area contributed by atoms with Crippen LogP contribution in [0, 0.1) is 11.3 Å². The molecule has 1 unspecified atom stereocenters. The third-order valence-corrected chi connectivity index (χ3v) is 5.65. The minimum Gasteiger partial charge on any atom is -0.387 e. The molecule has 0 amide bonds. The highest BCUT2D eigenvalue weighted by molar-refractivity contribution is 5.80. The molecule has 0 radical (unpaired) electrons. The maximum Gasteiger partial charge on any atom is 0.205 e. The molecule has 2 aromatic heterocycles. The number of nitriles is 1. The van der Waals surface area contributed by atoms with Crippen molar-refractivity contribution in [3.63, 3.8) is 0 Å². The molecule has 4 rings (SSSR count). The summed E-state index contributed by atoms with van der Waals surface area (Å²) in [6, 6.07) is 18.5. The van der Waals surface area contributed by atoms with Crippen LogP contribution in [0.25, 0.3) is 22.5 Å². The van der Waals surface area contributed by atoms with E-state index in [1.54, 1.807) is 0 Å². The molecule has 0 spiro atoms. The topological polar surface area (TPSA) is 116 Å². The number of imidazole rings is 1. The Morgan fingerprint density at radius 1 is 1.06 bits per heavy atom. The molecule has 0 aliphatic rings. The van der Waals surface area contributed by atoms with Crippen molar-refractivity contribution in [2.24, 2.45) is 0 Å². The van der Waals surface area contributed by atoms with Crippen molar-refractivity contribution in [3.05, 3.63) is 71.3 Å². The van der Waals surface area contributed by atoms with Crippen molar-refractivity contribution in [2.75, 3.05) is 0 Å². The van der Waals surface area contributed by atoms with E-state index < -0.39 is 6.10 Å². The molecule has 8 nitrogen and oxygen atoms in total. The summed E-state index contributed by atoms with van der Waals surface area (Å²) in [7, 11) is 0. The first-order valence-electron chi connectivity index (χ1n) is 11.3. The van der Waals surface area contributed by atoms with Crippen molar-refractivity contribution in [1.82, 2.24) is 30.2 Å². The maximum atomic E-state index is 10.5. The van der Waals surface area contributed by atoms with Crippen molar-refractivity contribution < 1.29 is 5.11 Å². The summed E-state index contributed by atoms with van der Waals surface area (Å²) in [6.07, 6.45) is 2.37. The summed E-state index contributed by atoms with van der Waals surface area (Å²) >= 11 is 0. The van der Waals surface area contributed by atoms with Crippen LogP contribution in [-0.2, 0) is 13.0 Å². The normalized spacial score (nSPS) is 11.9. The van der Waals surface area contributed by atoms with Crippen LogP contribution >= 0.6 is 0 Å². The van der Waals surface area contributed by atoms with E-state index in [1.807, 2.05) is 35.8 Å². The molecule has 0 saturated heterocycles. The summed E-state index contributed by atoms with van der Waals surface area (Å²) < 4.78 is 1.94. The Morgan fingerprint density at radius 2 is 1.82 bits per heavy atom. The van der Waals surface area contributed by atoms with Crippen LogP contribution in [0.2, 0.25) is 0 Å². The van der Waals surface area contributed by atoms with Gasteiger partial charge in [0, 0.05) is 18.5 Å². The molecule has 8 heteroatoms. The molecule has 0 bridgehead atoms. The molecule has 33 heavy (non-hydrogen) atoms. The number of rotatable bonds is 9. The van der Waals surface area contributed by atoms with Gasteiger partial charge in [0.05, 0.1) is 6.10 Å². The number of aromatic nitrogens is 6. The fourth-order valence-corrected chi connectivity index (χ4v) is 4.04. The Kier molecular flexibility index (Phi) is 6.91. The Labute approximate surface area is 192 Å². The second-order valence-corrected chi connectivity index (χ2v) is 7.99. The first-order chi connectivity index (χ1) is 16.2. The van der Waals surface area contributed by atoms with Gasteiger partial charge in [0.1, 0.15) is 23.3 Å². The summed E-state index contributed by atoms with van der Waals surface area (Å²) in [5.41, 5.74) is 4.96. The average Bonchev–Trinajstić information content (AvgIpc) is 3.49. The molecular formula is C25H27N7O. The highest BCUT2D eigenvalue weighted by atomic mass is 16.3. The molecule has 0 aliphatic heterocycles. The Balaban J connectivity index is 1.65. The minimum absolute atomic E-state index is 0.450. The summed E-state index contributed by atoms with van der Waals surface area (Å²) in [5, 5.41) is 34.8. The van der Waals surface area contributed by atoms with E-state index in [0.717, 1.165) is 47.3 Å². The highest BCUT2D eigenvalue weighted by Gasteiger charge is 2.22. The van der Waals surface area contributed by atoms with E-state index in [4.69, 9.17) is 0 Å². The molecule has 0 aliphatic carbocycles. The predicted molar refractivity (Wildman–Crippen MR) is 125 cm³/mol. The zero-order valence-electron chi connectivity index (χ0n) is 18.9. The standard InChI is InChI=1S/C25H27N7O/c1-3-7-22(33)24-21(15-26)32(23(27-24)8-4-2)16-17-11-13-18(14-12-17)19-9-5-6-10-20(19)25-28-30-31-29-25/h5-6,9-14,22,33H,3-4,7-8,16H2,1-2H3,(H,28,29,30,31). The van der Waals surface area contributed by atoms with Gasteiger partial charge in [0.15, 0.2) is 0 Å². The van der Waals surface area contributed by atoms with E-state index in [1.165, 1.54) is 0 Å². The van der Waals surface area contributed by atoms with Gasteiger partial charge < -0.3 is 9.67 Å². The van der Waals surface area contributed by atoms with Crippen LogP contribution in [0.3, 0.4) is 0 Å². The quantitative estimate of drug-likeness (QED) is 0.397. The van der Waals surface area contributed by atoms with Gasteiger partial charge in [0.25, 0.3) is 0 Å². The van der Waals surface area contributed by atoms with E-state index in [-0.39, 0.29) is 0 Å². The number of aromatic amines is 1. The molecular weight excluding hydrogens is 414 g/mol. The maximum absolute atomic E-state index is 10.5. The van der Waals surface area contributed by atoms with Gasteiger partial charge in [-0.15, -0.1) is 10.2 Å². The third kappa shape index (κ3) is 4.69. The molecule has 2 N–H and O–H groups in total. The van der Waals surface area contributed by atoms with Gasteiger partial charge in [0.2, 0.25) is 5.82 Å². The number of aliphatic hydroxyl groups is 1. The first kappa shape index (κ1) is 22.4. The number of hydrogen-bond acceptors (Lipinski definition) is 6. The largest absolute Gasteiger partial charge is 0.387 e. The van der Waals surface area contributed by atoms with Gasteiger partial charge >= 0.3 is 0 Å². The fourth-order valence-electron chi connectivity index (χ4n) is 4.04. The number of tetrazole rings is 1. The monoisotopic (exact) mass is 441 g/mol. The predicted octanol–water partition coefficient (Wildman–Crippen LogP) is 4.44. The highest BCUT2D eigenvalue weighted by Crippen LogP contribution is 2.30. The summed E-state index contributed by atoms with van der Waals surface area (Å²) in [6.45, 7) is 4.62. The lowest BCUT2D eigenvalue weighted by Crippen LogP contribution is -2.08. The van der Waals surface area contributed by atoms with Crippen LogP contribution in [-0.4, -0.2) is 35.3 Å². The molecule has 4 aromatic rings. The van der Waals surface area contributed by atoms with Crippen LogP contribution in [0.4, 0.5) is 0 Å². The number of hydrogen-bond donors (Lipinski definition) is 2. The van der Waals surface area contributed by atoms with Crippen molar-refractivity contribution in [3.8, 4) is 28.6 Å². The van der Waals surface area contributed by atoms with Gasteiger partial charge in [-0.2, -0.15) is 10.5 Å². The van der Waals surface area contributed by atoms with E-state index >= 15 is 0 Å². The van der Waals surface area contributed by atoms with Crippen LogP contribution in [0.5, 0.6) is 0 Å². The van der Waals surface area contributed by atoms with Crippen molar-refractivity contribution in [2.45, 2.75) is 52.2 Å². The number of benzene rings is 2. The zero-order chi connectivity index (χ0) is 23.2. The van der Waals surface area contributed by atoms with Gasteiger partial charge in [-0.25, -0.2) is 4.98 Å².